The molecule has 0 bridgehead atoms. The number of rotatable bonds is 4. The molecule has 0 saturated heterocycles. The molecule has 0 aliphatic carbocycles. The number of alkyl carbamates (subject to hydrolysis) is 1. The lowest BCUT2D eigenvalue weighted by Crippen LogP contribution is -2.36. The fraction of sp³-hybridized carbons (Fsp3) is 0.412. The van der Waals surface area contributed by atoms with Gasteiger partial charge in [-0.15, -0.1) is 0 Å². The van der Waals surface area contributed by atoms with Crippen molar-refractivity contribution >= 4 is 17.0 Å². The molecule has 0 fully saturated rings. The molecule has 118 valence electrons. The van der Waals surface area contributed by atoms with E-state index in [1.807, 2.05) is 51.1 Å². The van der Waals surface area contributed by atoms with Crippen molar-refractivity contribution in [2.75, 3.05) is 13.1 Å². The maximum absolute atomic E-state index is 11.7. The Morgan fingerprint density at radius 2 is 2.14 bits per heavy atom. The van der Waals surface area contributed by atoms with Crippen molar-refractivity contribution in [2.24, 2.45) is 5.73 Å². The van der Waals surface area contributed by atoms with Crippen molar-refractivity contribution in [1.82, 2.24) is 10.3 Å². The smallest absolute Gasteiger partial charge is 0.407 e. The minimum absolute atomic E-state index is 0.0268. The Kier molecular flexibility index (Phi) is 4.98. The molecule has 1 heterocycles. The number of hydrogen-bond acceptors (Lipinski definition) is 4. The second-order valence-corrected chi connectivity index (χ2v) is 6.27. The summed E-state index contributed by atoms with van der Waals surface area (Å²) in [6.45, 7) is 6.38. The number of nitrogens with zero attached hydrogens (tertiary/aromatic N) is 1. The van der Waals surface area contributed by atoms with E-state index in [0.29, 0.717) is 13.1 Å². The molecular weight excluding hydrogens is 278 g/mol. The van der Waals surface area contributed by atoms with Crippen molar-refractivity contribution < 1.29 is 9.53 Å². The van der Waals surface area contributed by atoms with Gasteiger partial charge in [-0.05, 0) is 38.5 Å². The number of carbonyl (C=O) groups excluding carboxylic acids is 1. The fourth-order valence-electron chi connectivity index (χ4n) is 2.20. The highest BCUT2D eigenvalue weighted by molar-refractivity contribution is 5.79. The predicted molar refractivity (Wildman–Crippen MR) is 87.8 cm³/mol. The maximum atomic E-state index is 11.7. The quantitative estimate of drug-likeness (QED) is 0.910. The van der Waals surface area contributed by atoms with E-state index in [4.69, 9.17) is 10.5 Å². The Labute approximate surface area is 130 Å². The largest absolute Gasteiger partial charge is 0.444 e. The number of amides is 1. The van der Waals surface area contributed by atoms with Gasteiger partial charge < -0.3 is 15.8 Å². The van der Waals surface area contributed by atoms with Crippen LogP contribution in [0.2, 0.25) is 0 Å². The molecule has 3 N–H and O–H groups in total. The van der Waals surface area contributed by atoms with Crippen LogP contribution in [-0.4, -0.2) is 29.8 Å². The summed E-state index contributed by atoms with van der Waals surface area (Å²) in [6, 6.07) is 9.99. The van der Waals surface area contributed by atoms with E-state index in [1.165, 1.54) is 0 Å². The zero-order valence-electron chi connectivity index (χ0n) is 13.3. The number of carbonyl (C=O) groups is 1. The molecule has 0 aliphatic rings. The first-order valence-electron chi connectivity index (χ1n) is 7.40. The van der Waals surface area contributed by atoms with E-state index < -0.39 is 11.7 Å². The van der Waals surface area contributed by atoms with Crippen molar-refractivity contribution in [2.45, 2.75) is 32.3 Å². The van der Waals surface area contributed by atoms with Gasteiger partial charge >= 0.3 is 6.09 Å². The van der Waals surface area contributed by atoms with E-state index in [1.54, 1.807) is 6.20 Å². The zero-order chi connectivity index (χ0) is 16.2. The molecule has 22 heavy (non-hydrogen) atoms. The molecule has 1 amide bonds. The van der Waals surface area contributed by atoms with Crippen molar-refractivity contribution in [3.63, 3.8) is 0 Å². The number of pyridine rings is 1. The van der Waals surface area contributed by atoms with Crippen LogP contribution >= 0.6 is 0 Å². The molecule has 0 saturated carbocycles. The molecule has 2 aromatic rings. The van der Waals surface area contributed by atoms with Gasteiger partial charge in [-0.25, -0.2) is 4.79 Å². The van der Waals surface area contributed by atoms with Crippen LogP contribution in [0, 0.1) is 0 Å². The molecule has 5 heteroatoms. The lowest BCUT2D eigenvalue weighted by molar-refractivity contribution is 0.0525. The standard InChI is InChI=1S/C17H23N3O2/c1-17(2,3)22-16(21)20-11-14(10-18)13-7-6-12-5-4-8-19-15(12)9-13/h4-9,14H,10-11,18H2,1-3H3,(H,20,21). The predicted octanol–water partition coefficient (Wildman–Crippen LogP) is 2.80. The summed E-state index contributed by atoms with van der Waals surface area (Å²) in [5, 5.41) is 3.86. The van der Waals surface area contributed by atoms with Gasteiger partial charge in [-0.3, -0.25) is 4.98 Å². The van der Waals surface area contributed by atoms with Gasteiger partial charge in [-0.1, -0.05) is 18.2 Å². The number of aromatic nitrogens is 1. The Morgan fingerprint density at radius 3 is 2.82 bits per heavy atom. The number of benzene rings is 1. The van der Waals surface area contributed by atoms with E-state index in [-0.39, 0.29) is 5.92 Å². The van der Waals surface area contributed by atoms with Crippen LogP contribution in [0.25, 0.3) is 10.9 Å². The van der Waals surface area contributed by atoms with Crippen LogP contribution < -0.4 is 11.1 Å². The minimum Gasteiger partial charge on any atom is -0.444 e. The van der Waals surface area contributed by atoms with Gasteiger partial charge in [0.25, 0.3) is 0 Å². The second-order valence-electron chi connectivity index (χ2n) is 6.27. The van der Waals surface area contributed by atoms with Gasteiger partial charge in [0.15, 0.2) is 0 Å². The van der Waals surface area contributed by atoms with E-state index >= 15 is 0 Å². The highest BCUT2D eigenvalue weighted by Gasteiger charge is 2.18. The van der Waals surface area contributed by atoms with Crippen LogP contribution in [0.5, 0.6) is 0 Å². The highest BCUT2D eigenvalue weighted by atomic mass is 16.6. The summed E-state index contributed by atoms with van der Waals surface area (Å²) in [5.41, 5.74) is 7.33. The molecular formula is C17H23N3O2. The van der Waals surface area contributed by atoms with Gasteiger partial charge in [0.2, 0.25) is 0 Å². The SMILES string of the molecule is CC(C)(C)OC(=O)NCC(CN)c1ccc2cccnc2c1. The molecule has 1 aromatic heterocycles. The number of ether oxygens (including phenoxy) is 1. The molecule has 0 aliphatic heterocycles. The third kappa shape index (κ3) is 4.43. The molecule has 0 radical (unpaired) electrons. The lowest BCUT2D eigenvalue weighted by Gasteiger charge is -2.21. The third-order valence-corrected chi connectivity index (χ3v) is 3.28. The Bertz CT molecular complexity index is 650. The second kappa shape index (κ2) is 6.75. The summed E-state index contributed by atoms with van der Waals surface area (Å²) >= 11 is 0. The van der Waals surface area contributed by atoms with Gasteiger partial charge in [0, 0.05) is 30.6 Å². The molecule has 1 aromatic carbocycles. The maximum Gasteiger partial charge on any atom is 0.407 e. The highest BCUT2D eigenvalue weighted by Crippen LogP contribution is 2.19. The summed E-state index contributed by atoms with van der Waals surface area (Å²) in [7, 11) is 0. The number of fused-ring (bicyclic) bond motifs is 1. The van der Waals surface area contributed by atoms with E-state index in [2.05, 4.69) is 10.3 Å². The van der Waals surface area contributed by atoms with Crippen LogP contribution in [0.1, 0.15) is 32.3 Å². The first-order chi connectivity index (χ1) is 10.4. The Balaban J connectivity index is 2.05. The topological polar surface area (TPSA) is 77.2 Å². The average Bonchev–Trinajstić information content (AvgIpc) is 2.46. The van der Waals surface area contributed by atoms with Gasteiger partial charge in [-0.2, -0.15) is 0 Å². The molecule has 0 spiro atoms. The Hall–Kier alpha value is -2.14. The number of nitrogens with one attached hydrogen (secondary N) is 1. The minimum atomic E-state index is -0.505. The summed E-state index contributed by atoms with van der Waals surface area (Å²) in [6.07, 6.45) is 1.34. The van der Waals surface area contributed by atoms with Gasteiger partial charge in [0.05, 0.1) is 5.52 Å². The molecule has 2 rings (SSSR count). The summed E-state index contributed by atoms with van der Waals surface area (Å²) in [4.78, 5) is 16.1. The molecule has 1 unspecified atom stereocenters. The van der Waals surface area contributed by atoms with Gasteiger partial charge in [0.1, 0.15) is 5.60 Å². The molecule has 5 nitrogen and oxygen atoms in total. The summed E-state index contributed by atoms with van der Waals surface area (Å²) in [5.74, 6) is 0.0268. The summed E-state index contributed by atoms with van der Waals surface area (Å²) < 4.78 is 5.24. The average molecular weight is 301 g/mol. The lowest BCUT2D eigenvalue weighted by atomic mass is 9.98. The number of hydrogen-bond donors (Lipinski definition) is 2. The third-order valence-electron chi connectivity index (χ3n) is 3.28. The normalized spacial score (nSPS) is 12.9. The van der Waals surface area contributed by atoms with E-state index in [9.17, 15) is 4.79 Å². The van der Waals surface area contributed by atoms with Crippen LogP contribution in [0.3, 0.4) is 0 Å². The monoisotopic (exact) mass is 301 g/mol. The first kappa shape index (κ1) is 16.2. The fourth-order valence-corrected chi connectivity index (χ4v) is 2.20. The zero-order valence-corrected chi connectivity index (χ0v) is 13.3. The van der Waals surface area contributed by atoms with Crippen molar-refractivity contribution in [3.8, 4) is 0 Å². The van der Waals surface area contributed by atoms with Crippen molar-refractivity contribution in [3.05, 3.63) is 42.1 Å². The van der Waals surface area contributed by atoms with Crippen molar-refractivity contribution in [1.29, 1.82) is 0 Å². The van der Waals surface area contributed by atoms with Crippen LogP contribution in [0.15, 0.2) is 36.5 Å². The first-order valence-corrected chi connectivity index (χ1v) is 7.40. The number of nitrogens with two attached hydrogens (primary N) is 1. The van der Waals surface area contributed by atoms with Crippen LogP contribution in [-0.2, 0) is 4.74 Å². The molecule has 1 atom stereocenters. The Morgan fingerprint density at radius 1 is 1.36 bits per heavy atom. The van der Waals surface area contributed by atoms with E-state index in [0.717, 1.165) is 16.5 Å². The van der Waals surface area contributed by atoms with Crippen LogP contribution in [0.4, 0.5) is 4.79 Å².